The Kier molecular flexibility index (Phi) is 5.34. The number of nitrogens with one attached hydrogen (secondary N) is 1. The van der Waals surface area contributed by atoms with Gasteiger partial charge in [-0.2, -0.15) is 0 Å². The first-order valence-corrected chi connectivity index (χ1v) is 8.96. The molecule has 0 aliphatic heterocycles. The topological polar surface area (TPSA) is 24.9 Å². The van der Waals surface area contributed by atoms with Crippen molar-refractivity contribution >= 4 is 68.6 Å². The van der Waals surface area contributed by atoms with Crippen LogP contribution in [0.4, 0.5) is 10.8 Å². The summed E-state index contributed by atoms with van der Waals surface area (Å²) in [5, 5.41) is 6.25. The van der Waals surface area contributed by atoms with Gasteiger partial charge in [0.05, 0.1) is 15.7 Å². The van der Waals surface area contributed by atoms with Crippen molar-refractivity contribution in [2.24, 2.45) is 0 Å². The van der Waals surface area contributed by atoms with Gasteiger partial charge in [0.15, 0.2) is 5.13 Å². The van der Waals surface area contributed by atoms with Crippen molar-refractivity contribution in [1.29, 1.82) is 0 Å². The third-order valence-electron chi connectivity index (χ3n) is 3.16. The summed E-state index contributed by atoms with van der Waals surface area (Å²) in [6.45, 7) is 0. The molecular formula is C16H10Cl4N2S. The third kappa shape index (κ3) is 3.93. The van der Waals surface area contributed by atoms with Gasteiger partial charge in [0.25, 0.3) is 0 Å². The van der Waals surface area contributed by atoms with Gasteiger partial charge in [-0.1, -0.05) is 58.5 Å². The minimum absolute atomic E-state index is 0.545. The number of anilines is 2. The van der Waals surface area contributed by atoms with Gasteiger partial charge in [0.2, 0.25) is 0 Å². The van der Waals surface area contributed by atoms with Crippen molar-refractivity contribution in [1.82, 2.24) is 4.98 Å². The maximum absolute atomic E-state index is 6.21. The van der Waals surface area contributed by atoms with Crippen LogP contribution < -0.4 is 5.32 Å². The monoisotopic (exact) mass is 402 g/mol. The lowest BCUT2D eigenvalue weighted by molar-refractivity contribution is 1.22. The second-order valence-corrected chi connectivity index (χ2v) is 7.47. The molecule has 0 amide bonds. The molecule has 1 heterocycles. The van der Waals surface area contributed by atoms with Gasteiger partial charge >= 0.3 is 0 Å². The van der Waals surface area contributed by atoms with Gasteiger partial charge in [-0.05, 0) is 29.8 Å². The van der Waals surface area contributed by atoms with Crippen LogP contribution in [0, 0.1) is 0 Å². The number of benzene rings is 2. The fourth-order valence-electron chi connectivity index (χ4n) is 2.05. The Morgan fingerprint density at radius 2 is 1.43 bits per heavy atom. The van der Waals surface area contributed by atoms with Crippen molar-refractivity contribution in [3.05, 3.63) is 73.1 Å². The maximum Gasteiger partial charge on any atom is 0.187 e. The van der Waals surface area contributed by atoms with Crippen LogP contribution in [0.15, 0.2) is 42.6 Å². The molecule has 2 aromatic carbocycles. The number of rotatable bonds is 4. The van der Waals surface area contributed by atoms with Crippen molar-refractivity contribution in [2.75, 3.05) is 5.32 Å². The van der Waals surface area contributed by atoms with E-state index in [2.05, 4.69) is 10.3 Å². The molecule has 0 fully saturated rings. The fraction of sp³-hybridized carbons (Fsp3) is 0.0625. The average Bonchev–Trinajstić information content (AvgIpc) is 2.95. The van der Waals surface area contributed by atoms with Crippen molar-refractivity contribution in [3.63, 3.8) is 0 Å². The predicted octanol–water partition coefficient (Wildman–Crippen LogP) is 7.09. The zero-order valence-electron chi connectivity index (χ0n) is 11.6. The molecule has 23 heavy (non-hydrogen) atoms. The Morgan fingerprint density at radius 3 is 2.04 bits per heavy atom. The van der Waals surface area contributed by atoms with Crippen LogP contribution in [0.2, 0.25) is 20.1 Å². The van der Waals surface area contributed by atoms with Crippen LogP contribution in [0.5, 0.6) is 0 Å². The number of para-hydroxylation sites is 1. The van der Waals surface area contributed by atoms with Gasteiger partial charge in [-0.15, -0.1) is 11.3 Å². The van der Waals surface area contributed by atoms with E-state index in [1.54, 1.807) is 24.4 Å². The Labute approximate surface area is 158 Å². The van der Waals surface area contributed by atoms with Gasteiger partial charge in [0.1, 0.15) is 0 Å². The number of aromatic nitrogens is 1. The summed E-state index contributed by atoms with van der Waals surface area (Å²) >= 11 is 26.2. The normalized spacial score (nSPS) is 10.8. The molecule has 3 aromatic rings. The minimum Gasteiger partial charge on any atom is -0.329 e. The molecule has 0 saturated heterocycles. The van der Waals surface area contributed by atoms with Gasteiger partial charge in [-0.3, -0.25) is 0 Å². The molecule has 3 rings (SSSR count). The zero-order chi connectivity index (χ0) is 16.4. The van der Waals surface area contributed by atoms with Crippen molar-refractivity contribution < 1.29 is 0 Å². The smallest absolute Gasteiger partial charge is 0.187 e. The second-order valence-electron chi connectivity index (χ2n) is 4.73. The molecule has 0 saturated carbocycles. The van der Waals surface area contributed by atoms with Gasteiger partial charge in [0, 0.05) is 27.5 Å². The first-order valence-electron chi connectivity index (χ1n) is 6.63. The Bertz CT molecular complexity index is 739. The standard InChI is InChI=1S/C16H10Cl4N2S/c17-11-3-1-4-12(18)10(11)7-9-8-21-16(23-9)22-15-13(19)5-2-6-14(15)20/h1-6,8H,7H2,(H,21,22). The van der Waals surface area contributed by atoms with Crippen molar-refractivity contribution in [2.45, 2.75) is 6.42 Å². The van der Waals surface area contributed by atoms with E-state index >= 15 is 0 Å². The molecule has 0 aliphatic rings. The van der Waals surface area contributed by atoms with E-state index < -0.39 is 0 Å². The number of hydrogen-bond donors (Lipinski definition) is 1. The van der Waals surface area contributed by atoms with E-state index in [-0.39, 0.29) is 0 Å². The first kappa shape index (κ1) is 16.9. The van der Waals surface area contributed by atoms with Crippen LogP contribution >= 0.6 is 57.7 Å². The lowest BCUT2D eigenvalue weighted by Gasteiger charge is -2.07. The molecular weight excluding hydrogens is 394 g/mol. The highest BCUT2D eigenvalue weighted by atomic mass is 35.5. The SMILES string of the molecule is Clc1cccc(Cl)c1Cc1cnc(Nc2c(Cl)cccc2Cl)s1. The highest BCUT2D eigenvalue weighted by Crippen LogP contribution is 2.35. The fourth-order valence-corrected chi connectivity index (χ4v) is 3.90. The van der Waals surface area contributed by atoms with E-state index in [1.807, 2.05) is 18.2 Å². The quantitative estimate of drug-likeness (QED) is 0.502. The number of hydrogen-bond acceptors (Lipinski definition) is 3. The largest absolute Gasteiger partial charge is 0.329 e. The minimum atomic E-state index is 0.545. The van der Waals surface area contributed by atoms with E-state index in [0.29, 0.717) is 37.3 Å². The Balaban J connectivity index is 1.81. The van der Waals surface area contributed by atoms with Crippen LogP contribution in [-0.2, 0) is 6.42 Å². The molecule has 7 heteroatoms. The summed E-state index contributed by atoms with van der Waals surface area (Å²) in [5.41, 5.74) is 1.54. The van der Waals surface area contributed by atoms with E-state index in [0.717, 1.165) is 10.4 Å². The van der Waals surface area contributed by atoms with E-state index in [1.165, 1.54) is 11.3 Å². The summed E-state index contributed by atoms with van der Waals surface area (Å²) in [6.07, 6.45) is 2.41. The van der Waals surface area contributed by atoms with Crippen LogP contribution in [0.1, 0.15) is 10.4 Å². The van der Waals surface area contributed by atoms with Gasteiger partial charge in [-0.25, -0.2) is 4.98 Å². The summed E-state index contributed by atoms with van der Waals surface area (Å²) in [7, 11) is 0. The highest BCUT2D eigenvalue weighted by molar-refractivity contribution is 7.15. The number of thiazole rings is 1. The number of halogens is 4. The summed E-state index contributed by atoms with van der Waals surface area (Å²) in [5.74, 6) is 0. The Hall–Kier alpha value is -0.970. The maximum atomic E-state index is 6.21. The molecule has 0 bridgehead atoms. The molecule has 1 N–H and O–H groups in total. The summed E-state index contributed by atoms with van der Waals surface area (Å²) in [4.78, 5) is 5.39. The van der Waals surface area contributed by atoms with Crippen molar-refractivity contribution in [3.8, 4) is 0 Å². The lowest BCUT2D eigenvalue weighted by Crippen LogP contribution is -1.90. The molecule has 0 atom stereocenters. The number of nitrogens with zero attached hydrogens (tertiary/aromatic N) is 1. The third-order valence-corrected chi connectivity index (χ3v) is 5.41. The molecule has 1 aromatic heterocycles. The zero-order valence-corrected chi connectivity index (χ0v) is 15.5. The second kappa shape index (κ2) is 7.29. The molecule has 2 nitrogen and oxygen atoms in total. The highest BCUT2D eigenvalue weighted by Gasteiger charge is 2.11. The van der Waals surface area contributed by atoms with Gasteiger partial charge < -0.3 is 5.32 Å². The van der Waals surface area contributed by atoms with Crippen LogP contribution in [0.3, 0.4) is 0 Å². The van der Waals surface area contributed by atoms with E-state index in [9.17, 15) is 0 Å². The molecule has 0 unspecified atom stereocenters. The van der Waals surface area contributed by atoms with E-state index in [4.69, 9.17) is 46.4 Å². The van der Waals surface area contributed by atoms with Crippen LogP contribution in [-0.4, -0.2) is 4.98 Å². The molecule has 118 valence electrons. The van der Waals surface area contributed by atoms with Crippen LogP contribution in [0.25, 0.3) is 0 Å². The molecule has 0 spiro atoms. The average molecular weight is 404 g/mol. The molecule has 0 aliphatic carbocycles. The summed E-state index contributed by atoms with van der Waals surface area (Å²) in [6, 6.07) is 10.8. The lowest BCUT2D eigenvalue weighted by atomic mass is 10.1. The first-order chi connectivity index (χ1) is 11.0. The Morgan fingerprint density at radius 1 is 0.870 bits per heavy atom. The molecule has 0 radical (unpaired) electrons. The summed E-state index contributed by atoms with van der Waals surface area (Å²) < 4.78 is 0. The predicted molar refractivity (Wildman–Crippen MR) is 101 cm³/mol.